The van der Waals surface area contributed by atoms with Gasteiger partial charge in [0.15, 0.2) is 0 Å². The number of para-hydroxylation sites is 1. The molecule has 2 aliphatic heterocycles. The molecule has 6 nitrogen and oxygen atoms in total. The second-order valence-corrected chi connectivity index (χ2v) is 10.5. The van der Waals surface area contributed by atoms with Crippen LogP contribution in [0.5, 0.6) is 0 Å². The van der Waals surface area contributed by atoms with Gasteiger partial charge in [-0.3, -0.25) is 24.2 Å². The largest absolute Gasteiger partial charge is 0.324 e. The van der Waals surface area contributed by atoms with Crippen LogP contribution in [0.4, 0.5) is 15.8 Å². The number of thiocarbonyl (C=S) groups is 1. The summed E-state index contributed by atoms with van der Waals surface area (Å²) in [7, 11) is 0. The summed E-state index contributed by atoms with van der Waals surface area (Å²) in [4.78, 5) is 43.0. The Balaban J connectivity index is 1.42. The molecule has 3 aromatic rings. The Morgan fingerprint density at radius 3 is 2.43 bits per heavy atom. The van der Waals surface area contributed by atoms with E-state index < -0.39 is 5.91 Å². The zero-order valence-electron chi connectivity index (χ0n) is 20.1. The summed E-state index contributed by atoms with van der Waals surface area (Å²) in [5, 5.41) is 2.88. The number of halogens is 1. The van der Waals surface area contributed by atoms with Gasteiger partial charge in [-0.15, -0.1) is 0 Å². The number of anilines is 2. The van der Waals surface area contributed by atoms with Gasteiger partial charge in [-0.2, -0.15) is 0 Å². The van der Waals surface area contributed by atoms with Crippen LogP contribution in [0.25, 0.3) is 5.57 Å². The van der Waals surface area contributed by atoms with E-state index in [1.165, 1.54) is 21.9 Å². The Labute approximate surface area is 223 Å². The van der Waals surface area contributed by atoms with E-state index in [1.54, 1.807) is 36.4 Å². The molecule has 0 atom stereocenters. The number of hydrogen-bond donors (Lipinski definition) is 1. The third-order valence-corrected chi connectivity index (χ3v) is 7.66. The number of carbonyl (C=O) groups is 3. The predicted molar refractivity (Wildman–Crippen MR) is 147 cm³/mol. The Kier molecular flexibility index (Phi) is 6.66. The highest BCUT2D eigenvalue weighted by atomic mass is 32.2. The van der Waals surface area contributed by atoms with Gasteiger partial charge in [-0.25, -0.2) is 4.39 Å². The van der Waals surface area contributed by atoms with E-state index in [0.717, 1.165) is 22.9 Å². The Morgan fingerprint density at radius 1 is 0.973 bits per heavy atom. The minimum Gasteiger partial charge on any atom is -0.324 e. The SMILES string of the molecule is Cc1ccc(NC(=O)CN2C(=O)/C(=C3/SC(=S)N(Cc4ccc(F)cc4)C3=O)c3ccccc32)c(C)c1. The maximum Gasteiger partial charge on any atom is 0.267 e. The molecule has 1 fully saturated rings. The van der Waals surface area contributed by atoms with Gasteiger partial charge >= 0.3 is 0 Å². The highest BCUT2D eigenvalue weighted by Gasteiger charge is 2.42. The molecule has 0 bridgehead atoms. The molecule has 0 radical (unpaired) electrons. The number of nitrogens with zero attached hydrogens (tertiary/aromatic N) is 2. The van der Waals surface area contributed by atoms with Crippen LogP contribution in [0.2, 0.25) is 0 Å². The fourth-order valence-electron chi connectivity index (χ4n) is 4.40. The first kappa shape index (κ1) is 24.9. The Hall–Kier alpha value is -3.82. The van der Waals surface area contributed by atoms with Crippen LogP contribution in [0.1, 0.15) is 22.3 Å². The topological polar surface area (TPSA) is 69.7 Å². The molecule has 1 saturated heterocycles. The smallest absolute Gasteiger partial charge is 0.267 e. The normalized spacial score (nSPS) is 17.0. The Bertz CT molecular complexity index is 1500. The third kappa shape index (κ3) is 4.80. The first-order chi connectivity index (χ1) is 17.7. The maximum absolute atomic E-state index is 13.6. The van der Waals surface area contributed by atoms with E-state index in [1.807, 2.05) is 32.0 Å². The molecule has 0 aromatic heterocycles. The number of benzene rings is 3. The molecule has 2 heterocycles. The number of aryl methyl sites for hydroxylation is 2. The quantitative estimate of drug-likeness (QED) is 0.362. The first-order valence-corrected chi connectivity index (χ1v) is 12.8. The van der Waals surface area contributed by atoms with Crippen molar-refractivity contribution < 1.29 is 18.8 Å². The van der Waals surface area contributed by atoms with Crippen molar-refractivity contribution in [1.29, 1.82) is 0 Å². The molecule has 1 N–H and O–H groups in total. The lowest BCUT2D eigenvalue weighted by Crippen LogP contribution is -2.35. The molecule has 3 aromatic carbocycles. The lowest BCUT2D eigenvalue weighted by Gasteiger charge is -2.17. The van der Waals surface area contributed by atoms with E-state index in [0.29, 0.717) is 26.8 Å². The number of amides is 3. The first-order valence-electron chi connectivity index (χ1n) is 11.5. The van der Waals surface area contributed by atoms with E-state index in [4.69, 9.17) is 12.2 Å². The summed E-state index contributed by atoms with van der Waals surface area (Å²) in [6.07, 6.45) is 0. The van der Waals surface area contributed by atoms with Gasteiger partial charge in [0.25, 0.3) is 11.8 Å². The van der Waals surface area contributed by atoms with Gasteiger partial charge < -0.3 is 5.32 Å². The second-order valence-electron chi connectivity index (χ2n) is 8.86. The predicted octanol–water partition coefficient (Wildman–Crippen LogP) is 5.20. The van der Waals surface area contributed by atoms with Crippen LogP contribution in [0, 0.1) is 19.7 Å². The molecule has 3 amide bonds. The molecule has 0 unspecified atom stereocenters. The molecule has 0 saturated carbocycles. The summed E-state index contributed by atoms with van der Waals surface area (Å²) in [6, 6.07) is 18.6. The van der Waals surface area contributed by atoms with Crippen LogP contribution in [-0.4, -0.2) is 33.5 Å². The van der Waals surface area contributed by atoms with Crippen molar-refractivity contribution in [3.63, 3.8) is 0 Å². The van der Waals surface area contributed by atoms with E-state index >= 15 is 0 Å². The lowest BCUT2D eigenvalue weighted by molar-refractivity contribution is -0.122. The molecule has 0 aliphatic carbocycles. The third-order valence-electron chi connectivity index (χ3n) is 6.21. The van der Waals surface area contributed by atoms with Gasteiger partial charge in [-0.1, -0.05) is 72.0 Å². The summed E-state index contributed by atoms with van der Waals surface area (Å²) >= 11 is 6.52. The van der Waals surface area contributed by atoms with Crippen LogP contribution in [-0.2, 0) is 20.9 Å². The van der Waals surface area contributed by atoms with Gasteiger partial charge in [-0.05, 0) is 49.2 Å². The average Bonchev–Trinajstić information content (AvgIpc) is 3.29. The van der Waals surface area contributed by atoms with Crippen molar-refractivity contribution in [2.75, 3.05) is 16.8 Å². The summed E-state index contributed by atoms with van der Waals surface area (Å²) in [5.74, 6) is -1.54. The lowest BCUT2D eigenvalue weighted by atomic mass is 10.1. The van der Waals surface area contributed by atoms with Crippen LogP contribution >= 0.6 is 24.0 Å². The van der Waals surface area contributed by atoms with Crippen LogP contribution in [0.15, 0.2) is 71.6 Å². The van der Waals surface area contributed by atoms with E-state index in [-0.39, 0.29) is 41.2 Å². The zero-order chi connectivity index (χ0) is 26.3. The van der Waals surface area contributed by atoms with Crippen LogP contribution < -0.4 is 10.2 Å². The Morgan fingerprint density at radius 2 is 1.70 bits per heavy atom. The number of nitrogens with one attached hydrogen (secondary N) is 1. The molecule has 186 valence electrons. The van der Waals surface area contributed by atoms with Crippen molar-refractivity contribution in [3.8, 4) is 0 Å². The minimum absolute atomic E-state index is 0.166. The maximum atomic E-state index is 13.6. The molecule has 0 spiro atoms. The fourth-order valence-corrected chi connectivity index (χ4v) is 5.73. The number of carbonyl (C=O) groups excluding carboxylic acids is 3. The fraction of sp³-hybridized carbons (Fsp3) is 0.143. The molecule has 2 aliphatic rings. The number of hydrogen-bond acceptors (Lipinski definition) is 5. The highest BCUT2D eigenvalue weighted by Crippen LogP contribution is 2.44. The van der Waals surface area contributed by atoms with E-state index in [2.05, 4.69) is 5.32 Å². The van der Waals surface area contributed by atoms with Gasteiger partial charge in [0.2, 0.25) is 5.91 Å². The molecular formula is C28H22FN3O3S2. The van der Waals surface area contributed by atoms with Crippen molar-refractivity contribution in [2.45, 2.75) is 20.4 Å². The molecule has 37 heavy (non-hydrogen) atoms. The van der Waals surface area contributed by atoms with Crippen molar-refractivity contribution in [1.82, 2.24) is 4.90 Å². The van der Waals surface area contributed by atoms with E-state index in [9.17, 15) is 18.8 Å². The zero-order valence-corrected chi connectivity index (χ0v) is 21.7. The standard InChI is InChI=1S/C28H22FN3O3S2/c1-16-7-12-21(17(2)13-16)30-23(33)15-31-22-6-4-3-5-20(22)24(26(31)34)25-27(35)32(28(36)37-25)14-18-8-10-19(29)11-9-18/h3-13H,14-15H2,1-2H3,(H,30,33)/b25-24+. The number of fused-ring (bicyclic) bond motifs is 1. The minimum atomic E-state index is -0.431. The van der Waals surface area contributed by atoms with Crippen molar-refractivity contribution >= 4 is 63.0 Å². The van der Waals surface area contributed by atoms with Gasteiger partial charge in [0, 0.05) is 11.3 Å². The van der Waals surface area contributed by atoms with Crippen molar-refractivity contribution in [3.05, 3.63) is 99.7 Å². The average molecular weight is 532 g/mol. The summed E-state index contributed by atoms with van der Waals surface area (Å²) in [5.41, 5.74) is 4.77. The second kappa shape index (κ2) is 9.91. The summed E-state index contributed by atoms with van der Waals surface area (Å²) < 4.78 is 13.6. The number of rotatable bonds is 5. The molecule has 9 heteroatoms. The molecular weight excluding hydrogens is 509 g/mol. The van der Waals surface area contributed by atoms with Crippen LogP contribution in [0.3, 0.4) is 0 Å². The van der Waals surface area contributed by atoms with Gasteiger partial charge in [0.05, 0.1) is 22.7 Å². The van der Waals surface area contributed by atoms with Crippen molar-refractivity contribution in [2.24, 2.45) is 0 Å². The highest BCUT2D eigenvalue weighted by molar-refractivity contribution is 8.26. The van der Waals surface area contributed by atoms with Gasteiger partial charge in [0.1, 0.15) is 16.7 Å². The monoisotopic (exact) mass is 531 g/mol. The molecule has 5 rings (SSSR count). The number of thioether (sulfide) groups is 1. The summed E-state index contributed by atoms with van der Waals surface area (Å²) in [6.45, 7) is 3.84.